The number of rotatable bonds is 7. The molecule has 1 unspecified atom stereocenters. The van der Waals surface area contributed by atoms with Crippen LogP contribution in [0.1, 0.15) is 15.9 Å². The van der Waals surface area contributed by atoms with Gasteiger partial charge in [-0.2, -0.15) is 0 Å². The predicted molar refractivity (Wildman–Crippen MR) is 92.9 cm³/mol. The molecule has 0 aliphatic carbocycles. The van der Waals surface area contributed by atoms with Gasteiger partial charge in [-0.25, -0.2) is 4.39 Å². The van der Waals surface area contributed by atoms with Crippen LogP contribution in [0.15, 0.2) is 48.5 Å². The standard InChI is InChI=1S/C19H23FN2O2/c1-22(2)16(11-14-7-5-4-6-8-14)13-21-19(23)17-12-15(20)9-10-18(17)24-3/h4-10,12,16H,11,13H2,1-3H3,(H,21,23). The summed E-state index contributed by atoms with van der Waals surface area (Å²) in [6.45, 7) is 0.459. The van der Waals surface area contributed by atoms with Crippen LogP contribution in [-0.4, -0.2) is 44.6 Å². The number of carbonyl (C=O) groups is 1. The van der Waals surface area contributed by atoms with Gasteiger partial charge >= 0.3 is 0 Å². The van der Waals surface area contributed by atoms with E-state index in [4.69, 9.17) is 4.74 Å². The maximum Gasteiger partial charge on any atom is 0.255 e. The average molecular weight is 330 g/mol. The lowest BCUT2D eigenvalue weighted by atomic mass is 10.0. The second kappa shape index (κ2) is 8.45. The van der Waals surface area contributed by atoms with Crippen molar-refractivity contribution >= 4 is 5.91 Å². The van der Waals surface area contributed by atoms with Crippen LogP contribution in [0.2, 0.25) is 0 Å². The van der Waals surface area contributed by atoms with Crippen molar-refractivity contribution in [1.29, 1.82) is 0 Å². The topological polar surface area (TPSA) is 41.6 Å². The molecular weight excluding hydrogens is 307 g/mol. The zero-order chi connectivity index (χ0) is 17.5. The third-order valence-corrected chi connectivity index (χ3v) is 3.95. The molecule has 0 spiro atoms. The number of nitrogens with one attached hydrogen (secondary N) is 1. The van der Waals surface area contributed by atoms with E-state index in [2.05, 4.69) is 22.3 Å². The van der Waals surface area contributed by atoms with Gasteiger partial charge in [0.15, 0.2) is 0 Å². The first-order valence-electron chi connectivity index (χ1n) is 7.83. The van der Waals surface area contributed by atoms with Crippen molar-refractivity contribution in [3.63, 3.8) is 0 Å². The highest BCUT2D eigenvalue weighted by Gasteiger charge is 2.17. The maximum absolute atomic E-state index is 13.4. The van der Waals surface area contributed by atoms with Gasteiger partial charge in [0.05, 0.1) is 12.7 Å². The first-order valence-corrected chi connectivity index (χ1v) is 7.83. The minimum atomic E-state index is -0.464. The molecule has 0 radical (unpaired) electrons. The Morgan fingerprint density at radius 1 is 1.21 bits per heavy atom. The Kier molecular flexibility index (Phi) is 6.32. The fraction of sp³-hybridized carbons (Fsp3) is 0.316. The Balaban J connectivity index is 2.04. The quantitative estimate of drug-likeness (QED) is 0.849. The van der Waals surface area contributed by atoms with Gasteiger partial charge in [-0.3, -0.25) is 4.79 Å². The summed E-state index contributed by atoms with van der Waals surface area (Å²) in [6, 6.07) is 14.2. The Hall–Kier alpha value is -2.40. The smallest absolute Gasteiger partial charge is 0.255 e. The summed E-state index contributed by atoms with van der Waals surface area (Å²) in [5, 5.41) is 2.88. The van der Waals surface area contributed by atoms with Crippen molar-refractivity contribution in [2.24, 2.45) is 0 Å². The van der Waals surface area contributed by atoms with E-state index in [1.165, 1.54) is 30.9 Å². The number of ether oxygens (including phenoxy) is 1. The minimum Gasteiger partial charge on any atom is -0.496 e. The van der Waals surface area contributed by atoms with E-state index in [0.717, 1.165) is 6.42 Å². The summed E-state index contributed by atoms with van der Waals surface area (Å²) >= 11 is 0. The molecule has 2 aromatic carbocycles. The molecule has 0 saturated heterocycles. The van der Waals surface area contributed by atoms with E-state index in [9.17, 15) is 9.18 Å². The van der Waals surface area contributed by atoms with Crippen LogP contribution >= 0.6 is 0 Å². The Labute approximate surface area is 142 Å². The lowest BCUT2D eigenvalue weighted by molar-refractivity contribution is 0.0938. The number of nitrogens with zero attached hydrogens (tertiary/aromatic N) is 1. The summed E-state index contributed by atoms with van der Waals surface area (Å²) in [5.41, 5.74) is 1.41. The molecular formula is C19H23FN2O2. The Morgan fingerprint density at radius 3 is 2.54 bits per heavy atom. The zero-order valence-electron chi connectivity index (χ0n) is 14.3. The number of hydrogen-bond acceptors (Lipinski definition) is 3. The van der Waals surface area contributed by atoms with Gasteiger partial charge in [-0.05, 0) is 44.3 Å². The van der Waals surface area contributed by atoms with Crippen LogP contribution in [0.4, 0.5) is 4.39 Å². The van der Waals surface area contributed by atoms with Gasteiger partial charge in [0.25, 0.3) is 5.91 Å². The molecule has 0 bridgehead atoms. The first-order chi connectivity index (χ1) is 11.5. The first kappa shape index (κ1) is 17.9. The molecule has 1 atom stereocenters. The van der Waals surface area contributed by atoms with Gasteiger partial charge < -0.3 is 15.0 Å². The number of carbonyl (C=O) groups excluding carboxylic acids is 1. The van der Waals surface area contributed by atoms with Gasteiger partial charge in [-0.15, -0.1) is 0 Å². The number of halogens is 1. The van der Waals surface area contributed by atoms with Crippen molar-refractivity contribution in [2.75, 3.05) is 27.7 Å². The van der Waals surface area contributed by atoms with E-state index in [0.29, 0.717) is 12.3 Å². The number of methoxy groups -OCH3 is 1. The summed E-state index contributed by atoms with van der Waals surface area (Å²) in [7, 11) is 5.41. The third-order valence-electron chi connectivity index (χ3n) is 3.95. The number of benzene rings is 2. The predicted octanol–water partition coefficient (Wildman–Crippen LogP) is 2.74. The molecule has 128 valence electrons. The Morgan fingerprint density at radius 2 is 1.92 bits per heavy atom. The molecule has 0 aliphatic rings. The SMILES string of the molecule is COc1ccc(F)cc1C(=O)NCC(Cc1ccccc1)N(C)C. The second-order valence-corrected chi connectivity index (χ2v) is 5.86. The van der Waals surface area contributed by atoms with Crippen LogP contribution in [0, 0.1) is 5.82 Å². The summed E-state index contributed by atoms with van der Waals surface area (Å²) in [4.78, 5) is 14.4. The van der Waals surface area contributed by atoms with Crippen LogP contribution in [-0.2, 0) is 6.42 Å². The van der Waals surface area contributed by atoms with E-state index >= 15 is 0 Å². The van der Waals surface area contributed by atoms with Crippen molar-refractivity contribution in [3.05, 3.63) is 65.5 Å². The summed E-state index contributed by atoms with van der Waals surface area (Å²) in [6.07, 6.45) is 0.814. The van der Waals surface area contributed by atoms with E-state index in [-0.39, 0.29) is 17.5 Å². The summed E-state index contributed by atoms with van der Waals surface area (Å²) in [5.74, 6) is -0.445. The maximum atomic E-state index is 13.4. The average Bonchev–Trinajstić information content (AvgIpc) is 2.58. The third kappa shape index (κ3) is 4.80. The van der Waals surface area contributed by atoms with E-state index in [1.54, 1.807) is 0 Å². The molecule has 0 aliphatic heterocycles. The van der Waals surface area contributed by atoms with E-state index < -0.39 is 5.82 Å². The monoisotopic (exact) mass is 330 g/mol. The van der Waals surface area contributed by atoms with Crippen LogP contribution < -0.4 is 10.1 Å². The molecule has 24 heavy (non-hydrogen) atoms. The second-order valence-electron chi connectivity index (χ2n) is 5.86. The summed E-state index contributed by atoms with van der Waals surface area (Å²) < 4.78 is 18.5. The number of amides is 1. The molecule has 2 aromatic rings. The lowest BCUT2D eigenvalue weighted by Crippen LogP contribution is -2.41. The van der Waals surface area contributed by atoms with Gasteiger partial charge in [0.2, 0.25) is 0 Å². The molecule has 0 aromatic heterocycles. The minimum absolute atomic E-state index is 0.135. The lowest BCUT2D eigenvalue weighted by Gasteiger charge is -2.25. The van der Waals surface area contributed by atoms with Crippen molar-refractivity contribution in [3.8, 4) is 5.75 Å². The Bertz CT molecular complexity index is 674. The largest absolute Gasteiger partial charge is 0.496 e. The van der Waals surface area contributed by atoms with Crippen molar-refractivity contribution < 1.29 is 13.9 Å². The highest BCUT2D eigenvalue weighted by molar-refractivity contribution is 5.96. The molecule has 0 fully saturated rings. The molecule has 0 heterocycles. The molecule has 1 amide bonds. The zero-order valence-corrected chi connectivity index (χ0v) is 14.3. The normalized spacial score (nSPS) is 12.0. The van der Waals surface area contributed by atoms with Crippen molar-refractivity contribution in [1.82, 2.24) is 10.2 Å². The van der Waals surface area contributed by atoms with Crippen molar-refractivity contribution in [2.45, 2.75) is 12.5 Å². The number of hydrogen-bond donors (Lipinski definition) is 1. The molecule has 4 nitrogen and oxygen atoms in total. The van der Waals surface area contributed by atoms with Gasteiger partial charge in [0, 0.05) is 12.6 Å². The van der Waals surface area contributed by atoms with Crippen LogP contribution in [0.5, 0.6) is 5.75 Å². The fourth-order valence-corrected chi connectivity index (χ4v) is 2.49. The molecule has 2 rings (SSSR count). The van der Waals surface area contributed by atoms with E-state index in [1.807, 2.05) is 32.3 Å². The fourth-order valence-electron chi connectivity index (χ4n) is 2.49. The highest BCUT2D eigenvalue weighted by Crippen LogP contribution is 2.19. The van der Waals surface area contributed by atoms with Crippen LogP contribution in [0.25, 0.3) is 0 Å². The molecule has 5 heteroatoms. The van der Waals surface area contributed by atoms with Gasteiger partial charge in [0.1, 0.15) is 11.6 Å². The highest BCUT2D eigenvalue weighted by atomic mass is 19.1. The molecule has 0 saturated carbocycles. The number of likely N-dealkylation sites (N-methyl/N-ethyl adjacent to an activating group) is 1. The van der Waals surface area contributed by atoms with Crippen LogP contribution in [0.3, 0.4) is 0 Å². The van der Waals surface area contributed by atoms with Gasteiger partial charge in [-0.1, -0.05) is 30.3 Å². The molecule has 1 N–H and O–H groups in total.